The number of carboxylic acids is 1. The molecule has 86 valence electrons. The average Bonchev–Trinajstić information content (AvgIpc) is 2.21. The van der Waals surface area contributed by atoms with Crippen LogP contribution in [0.4, 0.5) is 4.39 Å². The van der Waals surface area contributed by atoms with Crippen molar-refractivity contribution in [3.8, 4) is 0 Å². The number of rotatable bonds is 6. The largest absolute Gasteiger partial charge is 0.481 e. The number of hydrogen-bond acceptors (Lipinski definition) is 2. The van der Waals surface area contributed by atoms with Crippen LogP contribution in [-0.2, 0) is 16.0 Å². The molecule has 0 aliphatic rings. The SMILES string of the molecule is O=C(O)CCCC(=O)Cc1ccccc1F. The first-order valence-corrected chi connectivity index (χ1v) is 5.06. The van der Waals surface area contributed by atoms with E-state index in [9.17, 15) is 14.0 Å². The first kappa shape index (κ1) is 12.4. The Balaban J connectivity index is 2.40. The van der Waals surface area contributed by atoms with Crippen LogP contribution in [0.25, 0.3) is 0 Å². The molecule has 4 heteroatoms. The lowest BCUT2D eigenvalue weighted by molar-refractivity contribution is -0.137. The van der Waals surface area contributed by atoms with Crippen molar-refractivity contribution in [3.05, 3.63) is 35.6 Å². The first-order valence-electron chi connectivity index (χ1n) is 5.06. The van der Waals surface area contributed by atoms with Gasteiger partial charge in [-0.25, -0.2) is 4.39 Å². The molecule has 1 aromatic carbocycles. The number of carbonyl (C=O) groups excluding carboxylic acids is 1. The first-order chi connectivity index (χ1) is 7.59. The molecule has 1 N–H and O–H groups in total. The monoisotopic (exact) mass is 224 g/mol. The standard InChI is InChI=1S/C12H13FO3/c13-11-6-2-1-4-9(11)8-10(14)5-3-7-12(15)16/h1-2,4,6H,3,5,7-8H2,(H,15,16). The summed E-state index contributed by atoms with van der Waals surface area (Å²) in [6.07, 6.45) is 0.499. The van der Waals surface area contributed by atoms with Gasteiger partial charge >= 0.3 is 5.97 Å². The zero-order valence-electron chi connectivity index (χ0n) is 8.78. The molecule has 0 atom stereocenters. The predicted octanol–water partition coefficient (Wildman–Crippen LogP) is 2.19. The maximum Gasteiger partial charge on any atom is 0.303 e. The van der Waals surface area contributed by atoms with Crippen molar-refractivity contribution in [1.82, 2.24) is 0 Å². The quantitative estimate of drug-likeness (QED) is 0.805. The number of carbonyl (C=O) groups is 2. The highest BCUT2D eigenvalue weighted by atomic mass is 19.1. The molecule has 1 aromatic rings. The molecule has 0 aliphatic carbocycles. The molecule has 0 saturated carbocycles. The van der Waals surface area contributed by atoms with Crippen LogP contribution in [-0.4, -0.2) is 16.9 Å². The number of ketones is 1. The Morgan fingerprint density at radius 1 is 1.19 bits per heavy atom. The lowest BCUT2D eigenvalue weighted by Gasteiger charge is -2.01. The Labute approximate surface area is 92.9 Å². The summed E-state index contributed by atoms with van der Waals surface area (Å²) in [6, 6.07) is 6.10. The zero-order chi connectivity index (χ0) is 12.0. The Morgan fingerprint density at radius 3 is 2.50 bits per heavy atom. The topological polar surface area (TPSA) is 54.4 Å². The average molecular weight is 224 g/mol. The fraction of sp³-hybridized carbons (Fsp3) is 0.333. The second-order valence-electron chi connectivity index (χ2n) is 3.55. The second kappa shape index (κ2) is 6.00. The molecule has 0 bridgehead atoms. The van der Waals surface area contributed by atoms with Crippen molar-refractivity contribution in [2.75, 3.05) is 0 Å². The van der Waals surface area contributed by atoms with Gasteiger partial charge in [0, 0.05) is 19.3 Å². The summed E-state index contributed by atoms with van der Waals surface area (Å²) in [5.41, 5.74) is 0.364. The summed E-state index contributed by atoms with van der Waals surface area (Å²) < 4.78 is 13.2. The van der Waals surface area contributed by atoms with Gasteiger partial charge in [0.15, 0.2) is 0 Å². The van der Waals surface area contributed by atoms with E-state index in [-0.39, 0.29) is 25.0 Å². The van der Waals surface area contributed by atoms with E-state index in [1.165, 1.54) is 6.07 Å². The third-order valence-corrected chi connectivity index (χ3v) is 2.19. The maximum atomic E-state index is 13.2. The van der Waals surface area contributed by atoms with E-state index in [0.29, 0.717) is 12.0 Å². The Kier molecular flexibility index (Phi) is 4.64. The normalized spacial score (nSPS) is 10.1. The summed E-state index contributed by atoms with van der Waals surface area (Å²) >= 11 is 0. The van der Waals surface area contributed by atoms with Crippen LogP contribution in [0.3, 0.4) is 0 Å². The van der Waals surface area contributed by atoms with Crippen LogP contribution in [0.15, 0.2) is 24.3 Å². The van der Waals surface area contributed by atoms with E-state index in [1.807, 2.05) is 0 Å². The second-order valence-corrected chi connectivity index (χ2v) is 3.55. The fourth-order valence-electron chi connectivity index (χ4n) is 1.38. The fourth-order valence-corrected chi connectivity index (χ4v) is 1.38. The van der Waals surface area contributed by atoms with Crippen LogP contribution in [0.5, 0.6) is 0 Å². The molecule has 1 rings (SSSR count). The lowest BCUT2D eigenvalue weighted by Crippen LogP contribution is -2.05. The van der Waals surface area contributed by atoms with Gasteiger partial charge in [-0.15, -0.1) is 0 Å². The van der Waals surface area contributed by atoms with Crippen LogP contribution in [0.1, 0.15) is 24.8 Å². The molecule has 3 nitrogen and oxygen atoms in total. The lowest BCUT2D eigenvalue weighted by atomic mass is 10.0. The van der Waals surface area contributed by atoms with E-state index < -0.39 is 11.8 Å². The van der Waals surface area contributed by atoms with Gasteiger partial charge in [0.1, 0.15) is 11.6 Å². The summed E-state index contributed by atoms with van der Waals surface area (Å²) in [4.78, 5) is 21.6. The van der Waals surface area contributed by atoms with Crippen LogP contribution in [0, 0.1) is 5.82 Å². The smallest absolute Gasteiger partial charge is 0.303 e. The highest BCUT2D eigenvalue weighted by Gasteiger charge is 2.08. The van der Waals surface area contributed by atoms with E-state index >= 15 is 0 Å². The molecular formula is C12H13FO3. The van der Waals surface area contributed by atoms with Gasteiger partial charge < -0.3 is 5.11 Å². The molecule has 0 unspecified atom stereocenters. The number of benzene rings is 1. The van der Waals surface area contributed by atoms with Gasteiger partial charge in [-0.2, -0.15) is 0 Å². The van der Waals surface area contributed by atoms with E-state index in [0.717, 1.165) is 0 Å². The molecule has 16 heavy (non-hydrogen) atoms. The minimum atomic E-state index is -0.918. The van der Waals surface area contributed by atoms with Crippen LogP contribution < -0.4 is 0 Å². The molecule has 0 aliphatic heterocycles. The number of Topliss-reactive ketones (excluding diaryl/α,β-unsaturated/α-hetero) is 1. The highest BCUT2D eigenvalue weighted by molar-refractivity contribution is 5.81. The van der Waals surface area contributed by atoms with Gasteiger partial charge in [0.05, 0.1) is 0 Å². The molecule has 0 radical (unpaired) electrons. The number of halogens is 1. The highest BCUT2D eigenvalue weighted by Crippen LogP contribution is 2.09. The minimum Gasteiger partial charge on any atom is -0.481 e. The molecule has 0 saturated heterocycles. The summed E-state index contributed by atoms with van der Waals surface area (Å²) in [7, 11) is 0. The van der Waals surface area contributed by atoms with Gasteiger partial charge in [-0.05, 0) is 18.1 Å². The van der Waals surface area contributed by atoms with Crippen LogP contribution in [0.2, 0.25) is 0 Å². The van der Waals surface area contributed by atoms with E-state index in [1.54, 1.807) is 18.2 Å². The summed E-state index contributed by atoms with van der Waals surface area (Å²) in [6.45, 7) is 0. The van der Waals surface area contributed by atoms with Gasteiger partial charge in [-0.3, -0.25) is 9.59 Å². The van der Waals surface area contributed by atoms with Crippen molar-refractivity contribution < 1.29 is 19.1 Å². The van der Waals surface area contributed by atoms with Crippen molar-refractivity contribution in [1.29, 1.82) is 0 Å². The Hall–Kier alpha value is -1.71. The molecule has 0 heterocycles. The van der Waals surface area contributed by atoms with Crippen molar-refractivity contribution in [2.45, 2.75) is 25.7 Å². The predicted molar refractivity (Wildman–Crippen MR) is 56.6 cm³/mol. The van der Waals surface area contributed by atoms with Gasteiger partial charge in [0.25, 0.3) is 0 Å². The Bertz CT molecular complexity index is 388. The molecule has 0 fully saturated rings. The summed E-state index contributed by atoms with van der Waals surface area (Å²) in [5.74, 6) is -1.45. The molecule has 0 aromatic heterocycles. The number of aliphatic carboxylic acids is 1. The van der Waals surface area contributed by atoms with Crippen molar-refractivity contribution >= 4 is 11.8 Å². The molecule has 0 amide bonds. The third kappa shape index (κ3) is 4.21. The summed E-state index contributed by atoms with van der Waals surface area (Å²) in [5, 5.41) is 8.39. The van der Waals surface area contributed by atoms with E-state index in [4.69, 9.17) is 5.11 Å². The zero-order valence-corrected chi connectivity index (χ0v) is 8.78. The van der Waals surface area contributed by atoms with Crippen molar-refractivity contribution in [2.24, 2.45) is 0 Å². The van der Waals surface area contributed by atoms with Crippen molar-refractivity contribution in [3.63, 3.8) is 0 Å². The third-order valence-electron chi connectivity index (χ3n) is 2.19. The Morgan fingerprint density at radius 2 is 1.88 bits per heavy atom. The molecule has 0 spiro atoms. The minimum absolute atomic E-state index is 0.0248. The number of hydrogen-bond donors (Lipinski definition) is 1. The van der Waals surface area contributed by atoms with E-state index in [2.05, 4.69) is 0 Å². The van der Waals surface area contributed by atoms with Gasteiger partial charge in [-0.1, -0.05) is 18.2 Å². The molecular weight excluding hydrogens is 211 g/mol. The number of carboxylic acid groups (broad SMARTS) is 1. The van der Waals surface area contributed by atoms with Crippen LogP contribution >= 0.6 is 0 Å². The maximum absolute atomic E-state index is 13.2. The van der Waals surface area contributed by atoms with Gasteiger partial charge in [0.2, 0.25) is 0 Å².